The Morgan fingerprint density at radius 1 is 1.18 bits per heavy atom. The minimum absolute atomic E-state index is 0.197. The van der Waals surface area contributed by atoms with Gasteiger partial charge < -0.3 is 16.8 Å². The Morgan fingerprint density at radius 2 is 1.82 bits per heavy atom. The lowest BCUT2D eigenvalue weighted by atomic mass is 10.1. The molecule has 0 atom stereocenters. The second-order valence-electron chi connectivity index (χ2n) is 4.67. The molecule has 0 aliphatic carbocycles. The Balaban J connectivity index is 2.41. The number of aromatic nitrogens is 1. The summed E-state index contributed by atoms with van der Waals surface area (Å²) < 4.78 is 0. The largest absolute Gasteiger partial charge is 0.367 e. The Hall–Kier alpha value is -2.67. The number of benzene rings is 1. The van der Waals surface area contributed by atoms with Crippen LogP contribution in [0.4, 0.5) is 0 Å². The SMILES string of the molecule is Cc1nc2ccc(Cl)cc2cc1C(=O)NC(C(N)=O)C(N)=O. The average molecular weight is 321 g/mol. The molecule has 2 rings (SSSR count). The summed E-state index contributed by atoms with van der Waals surface area (Å²) in [5.41, 5.74) is 11.3. The van der Waals surface area contributed by atoms with Crippen molar-refractivity contribution >= 4 is 40.2 Å². The third-order valence-corrected chi connectivity index (χ3v) is 3.29. The smallest absolute Gasteiger partial charge is 0.254 e. The predicted molar refractivity (Wildman–Crippen MR) is 81.1 cm³/mol. The number of nitrogens with one attached hydrogen (secondary N) is 1. The number of aryl methyl sites for hydroxylation is 1. The normalized spacial score (nSPS) is 10.7. The van der Waals surface area contributed by atoms with E-state index in [-0.39, 0.29) is 5.56 Å². The Morgan fingerprint density at radius 3 is 2.41 bits per heavy atom. The Bertz CT molecular complexity index is 777. The van der Waals surface area contributed by atoms with Crippen molar-refractivity contribution in [3.05, 3.63) is 40.5 Å². The molecule has 0 saturated heterocycles. The highest BCUT2D eigenvalue weighted by atomic mass is 35.5. The van der Waals surface area contributed by atoms with Crippen LogP contribution in [-0.2, 0) is 9.59 Å². The zero-order valence-corrected chi connectivity index (χ0v) is 12.3. The highest BCUT2D eigenvalue weighted by Crippen LogP contribution is 2.20. The highest BCUT2D eigenvalue weighted by Gasteiger charge is 2.25. The number of fused-ring (bicyclic) bond motifs is 1. The van der Waals surface area contributed by atoms with Crippen LogP contribution in [0.2, 0.25) is 5.02 Å². The van der Waals surface area contributed by atoms with E-state index in [2.05, 4.69) is 10.3 Å². The number of carbonyl (C=O) groups is 3. The first kappa shape index (κ1) is 15.7. The van der Waals surface area contributed by atoms with E-state index in [4.69, 9.17) is 23.1 Å². The molecule has 0 aliphatic heterocycles. The summed E-state index contributed by atoms with van der Waals surface area (Å²) in [6.07, 6.45) is 0. The number of rotatable bonds is 4. The number of amides is 3. The van der Waals surface area contributed by atoms with E-state index in [0.29, 0.717) is 21.6 Å². The quantitative estimate of drug-likeness (QED) is 0.698. The van der Waals surface area contributed by atoms with Gasteiger partial charge >= 0.3 is 0 Å². The molecular formula is C14H13ClN4O3. The van der Waals surface area contributed by atoms with Gasteiger partial charge in [-0.3, -0.25) is 19.4 Å². The zero-order valence-electron chi connectivity index (χ0n) is 11.6. The van der Waals surface area contributed by atoms with Crippen LogP contribution in [0.5, 0.6) is 0 Å². The monoisotopic (exact) mass is 320 g/mol. The van der Waals surface area contributed by atoms with Gasteiger partial charge in [0.15, 0.2) is 6.04 Å². The molecule has 0 saturated carbocycles. The van der Waals surface area contributed by atoms with Gasteiger partial charge in [-0.15, -0.1) is 0 Å². The molecule has 1 heterocycles. The third kappa shape index (κ3) is 3.15. The number of carbonyl (C=O) groups excluding carboxylic acids is 3. The number of halogens is 1. The van der Waals surface area contributed by atoms with Gasteiger partial charge in [0.25, 0.3) is 5.91 Å². The summed E-state index contributed by atoms with van der Waals surface area (Å²) in [4.78, 5) is 38.7. The number of nitrogens with zero attached hydrogens (tertiary/aromatic N) is 1. The van der Waals surface area contributed by atoms with E-state index in [9.17, 15) is 14.4 Å². The molecule has 7 nitrogen and oxygen atoms in total. The molecule has 114 valence electrons. The zero-order chi connectivity index (χ0) is 16.4. The van der Waals surface area contributed by atoms with Gasteiger partial charge in [-0.05, 0) is 31.2 Å². The van der Waals surface area contributed by atoms with E-state index in [1.165, 1.54) is 0 Å². The minimum Gasteiger partial charge on any atom is -0.367 e. The van der Waals surface area contributed by atoms with Crippen molar-refractivity contribution in [3.8, 4) is 0 Å². The summed E-state index contributed by atoms with van der Waals surface area (Å²) in [6.45, 7) is 1.63. The number of pyridine rings is 1. The van der Waals surface area contributed by atoms with Crippen LogP contribution >= 0.6 is 11.6 Å². The average Bonchev–Trinajstić information content (AvgIpc) is 2.43. The van der Waals surface area contributed by atoms with Crippen molar-refractivity contribution in [1.82, 2.24) is 10.3 Å². The van der Waals surface area contributed by atoms with Crippen LogP contribution in [-0.4, -0.2) is 28.7 Å². The molecule has 1 aromatic carbocycles. The molecule has 0 bridgehead atoms. The van der Waals surface area contributed by atoms with E-state index in [1.807, 2.05) is 0 Å². The molecule has 2 aromatic rings. The molecule has 22 heavy (non-hydrogen) atoms. The Kier molecular flexibility index (Phi) is 4.27. The van der Waals surface area contributed by atoms with E-state index < -0.39 is 23.8 Å². The molecule has 0 fully saturated rings. The van der Waals surface area contributed by atoms with Gasteiger partial charge in [0.05, 0.1) is 16.8 Å². The maximum absolute atomic E-state index is 12.2. The Labute approximate surface area is 130 Å². The van der Waals surface area contributed by atoms with Crippen molar-refractivity contribution in [3.63, 3.8) is 0 Å². The molecule has 0 aliphatic rings. The van der Waals surface area contributed by atoms with E-state index >= 15 is 0 Å². The molecule has 8 heteroatoms. The fraction of sp³-hybridized carbons (Fsp3) is 0.143. The van der Waals surface area contributed by atoms with Crippen LogP contribution in [0.1, 0.15) is 16.1 Å². The maximum atomic E-state index is 12.2. The van der Waals surface area contributed by atoms with Crippen LogP contribution in [0, 0.1) is 6.92 Å². The topological polar surface area (TPSA) is 128 Å². The molecule has 1 aromatic heterocycles. The van der Waals surface area contributed by atoms with Crippen molar-refractivity contribution < 1.29 is 14.4 Å². The minimum atomic E-state index is -1.58. The number of primary amides is 2. The standard InChI is InChI=1S/C14H13ClN4O3/c1-6-9(14(22)19-11(12(16)20)13(17)21)5-7-4-8(15)2-3-10(7)18-6/h2-5,11H,1H3,(H2,16,20)(H2,17,21)(H,19,22). The lowest BCUT2D eigenvalue weighted by Gasteiger charge is -2.13. The van der Waals surface area contributed by atoms with Gasteiger partial charge in [-0.1, -0.05) is 11.6 Å². The lowest BCUT2D eigenvalue weighted by molar-refractivity contribution is -0.128. The molecule has 0 radical (unpaired) electrons. The fourth-order valence-electron chi connectivity index (χ4n) is 1.96. The number of hydrogen-bond donors (Lipinski definition) is 3. The van der Waals surface area contributed by atoms with Gasteiger partial charge in [-0.25, -0.2) is 0 Å². The highest BCUT2D eigenvalue weighted by molar-refractivity contribution is 6.31. The van der Waals surface area contributed by atoms with Crippen molar-refractivity contribution in [1.29, 1.82) is 0 Å². The lowest BCUT2D eigenvalue weighted by Crippen LogP contribution is -2.52. The first-order valence-corrected chi connectivity index (χ1v) is 6.64. The van der Waals surface area contributed by atoms with Gasteiger partial charge in [0, 0.05) is 10.4 Å². The number of hydrogen-bond acceptors (Lipinski definition) is 4. The summed E-state index contributed by atoms with van der Waals surface area (Å²) in [6, 6.07) is 5.05. The predicted octanol–water partition coefficient (Wildman–Crippen LogP) is 0.266. The molecule has 0 unspecified atom stereocenters. The summed E-state index contributed by atoms with van der Waals surface area (Å²) >= 11 is 5.91. The van der Waals surface area contributed by atoms with Gasteiger partial charge in [0.2, 0.25) is 11.8 Å². The van der Waals surface area contributed by atoms with Crippen molar-refractivity contribution in [2.45, 2.75) is 13.0 Å². The van der Waals surface area contributed by atoms with Crippen molar-refractivity contribution in [2.75, 3.05) is 0 Å². The van der Waals surface area contributed by atoms with Crippen LogP contribution in [0.15, 0.2) is 24.3 Å². The van der Waals surface area contributed by atoms with Crippen LogP contribution < -0.4 is 16.8 Å². The first-order chi connectivity index (χ1) is 10.3. The summed E-state index contributed by atoms with van der Waals surface area (Å²) in [7, 11) is 0. The van der Waals surface area contributed by atoms with Crippen LogP contribution in [0.3, 0.4) is 0 Å². The summed E-state index contributed by atoms with van der Waals surface area (Å²) in [5, 5.41) is 3.34. The van der Waals surface area contributed by atoms with Crippen LogP contribution in [0.25, 0.3) is 10.9 Å². The fourth-order valence-corrected chi connectivity index (χ4v) is 2.15. The third-order valence-electron chi connectivity index (χ3n) is 3.06. The second kappa shape index (κ2) is 5.98. The van der Waals surface area contributed by atoms with Gasteiger partial charge in [0.1, 0.15) is 0 Å². The van der Waals surface area contributed by atoms with E-state index in [0.717, 1.165) is 0 Å². The maximum Gasteiger partial charge on any atom is 0.254 e. The molecule has 3 amide bonds. The molecule has 0 spiro atoms. The molecule has 5 N–H and O–H groups in total. The van der Waals surface area contributed by atoms with Crippen molar-refractivity contribution in [2.24, 2.45) is 11.5 Å². The van der Waals surface area contributed by atoms with Gasteiger partial charge in [-0.2, -0.15) is 0 Å². The second-order valence-corrected chi connectivity index (χ2v) is 5.11. The number of nitrogens with two attached hydrogens (primary N) is 2. The molecular weight excluding hydrogens is 308 g/mol. The van der Waals surface area contributed by atoms with E-state index in [1.54, 1.807) is 31.2 Å². The first-order valence-electron chi connectivity index (χ1n) is 6.26. The summed E-state index contributed by atoms with van der Waals surface area (Å²) in [5.74, 6) is -2.74.